The first kappa shape index (κ1) is 11.8. The van der Waals surface area contributed by atoms with Gasteiger partial charge in [0.25, 0.3) is 0 Å². The Morgan fingerprint density at radius 3 is 2.72 bits per heavy atom. The maximum atomic E-state index is 5.23. The van der Waals surface area contributed by atoms with E-state index in [1.807, 2.05) is 0 Å². The SMILES string of the molecule is COc1ccc(N2CCN[C@@H]3CCCC[C@@H]32)cc1. The Balaban J connectivity index is 1.80. The van der Waals surface area contributed by atoms with Crippen LogP contribution in [0, 0.1) is 0 Å². The number of hydrogen-bond donors (Lipinski definition) is 1. The summed E-state index contributed by atoms with van der Waals surface area (Å²) in [6, 6.07) is 9.88. The Kier molecular flexibility index (Phi) is 3.41. The van der Waals surface area contributed by atoms with Gasteiger partial charge in [-0.15, -0.1) is 0 Å². The largest absolute Gasteiger partial charge is 0.497 e. The summed E-state index contributed by atoms with van der Waals surface area (Å²) in [4.78, 5) is 2.58. The molecule has 0 unspecified atom stereocenters. The van der Waals surface area contributed by atoms with Crippen molar-refractivity contribution in [1.82, 2.24) is 5.32 Å². The molecule has 2 atom stereocenters. The molecule has 0 spiro atoms. The fourth-order valence-corrected chi connectivity index (χ4v) is 3.35. The maximum absolute atomic E-state index is 5.23. The molecule has 3 nitrogen and oxygen atoms in total. The van der Waals surface area contributed by atoms with Crippen LogP contribution < -0.4 is 15.0 Å². The quantitative estimate of drug-likeness (QED) is 0.867. The standard InChI is InChI=1S/C15H22N2O/c1-18-13-8-6-12(7-9-13)17-11-10-16-14-4-2-3-5-15(14)17/h6-9,14-16H,2-5,10-11H2,1H3/t14-,15+/m1/s1. The van der Waals surface area contributed by atoms with Crippen LogP contribution in [0.1, 0.15) is 25.7 Å². The molecule has 0 bridgehead atoms. The highest BCUT2D eigenvalue weighted by Gasteiger charge is 2.32. The number of nitrogens with one attached hydrogen (secondary N) is 1. The van der Waals surface area contributed by atoms with Crippen LogP contribution in [0.15, 0.2) is 24.3 Å². The molecule has 1 heterocycles. The van der Waals surface area contributed by atoms with E-state index in [9.17, 15) is 0 Å². The fourth-order valence-electron chi connectivity index (χ4n) is 3.35. The Bertz CT molecular complexity index is 388. The van der Waals surface area contributed by atoms with Gasteiger partial charge in [-0.2, -0.15) is 0 Å². The lowest BCUT2D eigenvalue weighted by Crippen LogP contribution is -2.59. The molecule has 98 valence electrons. The van der Waals surface area contributed by atoms with Gasteiger partial charge in [-0.1, -0.05) is 12.8 Å². The van der Waals surface area contributed by atoms with Crippen LogP contribution in [-0.2, 0) is 0 Å². The third-order valence-electron chi connectivity index (χ3n) is 4.29. The van der Waals surface area contributed by atoms with E-state index in [1.165, 1.54) is 31.4 Å². The van der Waals surface area contributed by atoms with Crippen molar-refractivity contribution in [1.29, 1.82) is 0 Å². The topological polar surface area (TPSA) is 24.5 Å². The van der Waals surface area contributed by atoms with Gasteiger partial charge in [0.05, 0.1) is 7.11 Å². The number of nitrogens with zero attached hydrogens (tertiary/aromatic N) is 1. The monoisotopic (exact) mass is 246 g/mol. The summed E-state index contributed by atoms with van der Waals surface area (Å²) < 4.78 is 5.23. The molecular formula is C15H22N2O. The number of ether oxygens (including phenoxy) is 1. The van der Waals surface area contributed by atoms with Gasteiger partial charge in [-0.05, 0) is 37.1 Å². The summed E-state index contributed by atoms with van der Waals surface area (Å²) in [6.45, 7) is 2.22. The van der Waals surface area contributed by atoms with Gasteiger partial charge in [0.15, 0.2) is 0 Å². The lowest BCUT2D eigenvalue weighted by Gasteiger charge is -2.46. The Morgan fingerprint density at radius 1 is 1.17 bits per heavy atom. The van der Waals surface area contributed by atoms with Crippen LogP contribution in [-0.4, -0.2) is 32.3 Å². The molecule has 1 saturated heterocycles. The molecule has 1 aromatic rings. The van der Waals surface area contributed by atoms with E-state index in [0.29, 0.717) is 12.1 Å². The molecule has 18 heavy (non-hydrogen) atoms. The highest BCUT2D eigenvalue weighted by atomic mass is 16.5. The van der Waals surface area contributed by atoms with E-state index < -0.39 is 0 Å². The average Bonchev–Trinajstić information content (AvgIpc) is 2.47. The summed E-state index contributed by atoms with van der Waals surface area (Å²) in [5.74, 6) is 0.939. The molecule has 1 aliphatic carbocycles. The van der Waals surface area contributed by atoms with Crippen molar-refractivity contribution < 1.29 is 4.74 Å². The Hall–Kier alpha value is -1.22. The van der Waals surface area contributed by atoms with Gasteiger partial charge >= 0.3 is 0 Å². The third-order valence-corrected chi connectivity index (χ3v) is 4.29. The molecule has 2 aliphatic rings. The van der Waals surface area contributed by atoms with E-state index in [1.54, 1.807) is 7.11 Å². The number of methoxy groups -OCH3 is 1. The second-order valence-electron chi connectivity index (χ2n) is 5.30. The molecule has 2 fully saturated rings. The highest BCUT2D eigenvalue weighted by molar-refractivity contribution is 5.51. The van der Waals surface area contributed by atoms with Crippen LogP contribution >= 0.6 is 0 Å². The molecule has 1 N–H and O–H groups in total. The molecular weight excluding hydrogens is 224 g/mol. The van der Waals surface area contributed by atoms with E-state index in [2.05, 4.69) is 34.5 Å². The zero-order valence-corrected chi connectivity index (χ0v) is 11.1. The molecule has 0 amide bonds. The van der Waals surface area contributed by atoms with Crippen molar-refractivity contribution in [3.8, 4) is 5.75 Å². The molecule has 1 aliphatic heterocycles. The van der Waals surface area contributed by atoms with Crippen molar-refractivity contribution in [3.05, 3.63) is 24.3 Å². The van der Waals surface area contributed by atoms with Gasteiger partial charge in [0, 0.05) is 30.9 Å². The fraction of sp³-hybridized carbons (Fsp3) is 0.600. The molecule has 1 saturated carbocycles. The minimum atomic E-state index is 0.681. The van der Waals surface area contributed by atoms with Crippen LogP contribution in [0.4, 0.5) is 5.69 Å². The minimum Gasteiger partial charge on any atom is -0.497 e. The minimum absolute atomic E-state index is 0.681. The molecule has 3 heteroatoms. The number of anilines is 1. The normalized spacial score (nSPS) is 27.7. The number of benzene rings is 1. The Labute approximate surface area is 109 Å². The second-order valence-corrected chi connectivity index (χ2v) is 5.30. The lowest BCUT2D eigenvalue weighted by molar-refractivity contribution is 0.284. The predicted molar refractivity (Wildman–Crippen MR) is 74.4 cm³/mol. The third kappa shape index (κ3) is 2.19. The molecule has 0 aromatic heterocycles. The van der Waals surface area contributed by atoms with Crippen LogP contribution in [0.5, 0.6) is 5.75 Å². The maximum Gasteiger partial charge on any atom is 0.119 e. The van der Waals surface area contributed by atoms with Crippen molar-refractivity contribution in [2.45, 2.75) is 37.8 Å². The van der Waals surface area contributed by atoms with Crippen LogP contribution in [0.25, 0.3) is 0 Å². The van der Waals surface area contributed by atoms with E-state index in [0.717, 1.165) is 18.8 Å². The average molecular weight is 246 g/mol. The van der Waals surface area contributed by atoms with Gasteiger partial charge in [0.1, 0.15) is 5.75 Å². The summed E-state index contributed by atoms with van der Waals surface area (Å²) in [7, 11) is 1.72. The first-order valence-corrected chi connectivity index (χ1v) is 7.02. The first-order chi connectivity index (χ1) is 8.88. The second kappa shape index (κ2) is 5.19. The number of piperazine rings is 1. The number of rotatable bonds is 2. The van der Waals surface area contributed by atoms with Crippen molar-refractivity contribution >= 4 is 5.69 Å². The highest BCUT2D eigenvalue weighted by Crippen LogP contribution is 2.30. The van der Waals surface area contributed by atoms with Crippen molar-refractivity contribution in [2.75, 3.05) is 25.1 Å². The number of hydrogen-bond acceptors (Lipinski definition) is 3. The van der Waals surface area contributed by atoms with Crippen molar-refractivity contribution in [3.63, 3.8) is 0 Å². The lowest BCUT2D eigenvalue weighted by atomic mass is 9.87. The van der Waals surface area contributed by atoms with Crippen LogP contribution in [0.2, 0.25) is 0 Å². The first-order valence-electron chi connectivity index (χ1n) is 7.02. The smallest absolute Gasteiger partial charge is 0.119 e. The van der Waals surface area contributed by atoms with Gasteiger partial charge in [-0.25, -0.2) is 0 Å². The Morgan fingerprint density at radius 2 is 1.94 bits per heavy atom. The van der Waals surface area contributed by atoms with Crippen molar-refractivity contribution in [2.24, 2.45) is 0 Å². The zero-order chi connectivity index (χ0) is 12.4. The summed E-state index contributed by atoms with van der Waals surface area (Å²) >= 11 is 0. The van der Waals surface area contributed by atoms with Crippen LogP contribution in [0.3, 0.4) is 0 Å². The number of fused-ring (bicyclic) bond motifs is 1. The summed E-state index contributed by atoms with van der Waals surface area (Å²) in [5.41, 5.74) is 1.34. The zero-order valence-electron chi connectivity index (χ0n) is 11.1. The van der Waals surface area contributed by atoms with E-state index in [-0.39, 0.29) is 0 Å². The summed E-state index contributed by atoms with van der Waals surface area (Å²) in [6.07, 6.45) is 5.40. The van der Waals surface area contributed by atoms with Gasteiger partial charge in [-0.3, -0.25) is 0 Å². The van der Waals surface area contributed by atoms with Gasteiger partial charge < -0.3 is 15.0 Å². The van der Waals surface area contributed by atoms with E-state index >= 15 is 0 Å². The molecule has 1 aromatic carbocycles. The molecule has 3 rings (SSSR count). The molecule has 0 radical (unpaired) electrons. The predicted octanol–water partition coefficient (Wildman–Crippen LogP) is 2.42. The van der Waals surface area contributed by atoms with E-state index in [4.69, 9.17) is 4.74 Å². The summed E-state index contributed by atoms with van der Waals surface area (Å²) in [5, 5.41) is 3.68. The van der Waals surface area contributed by atoms with Gasteiger partial charge in [0.2, 0.25) is 0 Å².